The summed E-state index contributed by atoms with van der Waals surface area (Å²) in [7, 11) is 6.77. The minimum atomic E-state index is 0.366. The lowest BCUT2D eigenvalue weighted by Crippen LogP contribution is -2.35. The molecule has 1 aliphatic rings. The lowest BCUT2D eigenvalue weighted by molar-refractivity contribution is 0.172. The van der Waals surface area contributed by atoms with Crippen molar-refractivity contribution >= 4 is 11.6 Å². The van der Waals surface area contributed by atoms with Gasteiger partial charge < -0.3 is 24.8 Å². The van der Waals surface area contributed by atoms with Crippen LogP contribution in [0.15, 0.2) is 23.2 Å². The summed E-state index contributed by atoms with van der Waals surface area (Å²) >= 11 is 0. The smallest absolute Gasteiger partial charge is 0.195 e. The normalized spacial score (nSPS) is 15.9. The van der Waals surface area contributed by atoms with E-state index in [0.29, 0.717) is 16.9 Å². The Balaban J connectivity index is 1.92. The maximum absolute atomic E-state index is 5.32. The predicted octanol–water partition coefficient (Wildman–Crippen LogP) is 2.51. The minimum absolute atomic E-state index is 0.366. The number of methoxy groups -OCH3 is 3. The summed E-state index contributed by atoms with van der Waals surface area (Å²) in [6.45, 7) is 1.71. The Morgan fingerprint density at radius 1 is 1.17 bits per heavy atom. The van der Waals surface area contributed by atoms with Gasteiger partial charge in [0.15, 0.2) is 17.5 Å². The molecule has 0 radical (unpaired) electrons. The first-order valence-electron chi connectivity index (χ1n) is 7.85. The molecule has 1 aromatic carbocycles. The van der Waals surface area contributed by atoms with Gasteiger partial charge in [-0.05, 0) is 36.8 Å². The molecule has 6 heteroatoms. The zero-order valence-corrected chi connectivity index (χ0v) is 14.4. The first kappa shape index (κ1) is 17.4. The van der Waals surface area contributed by atoms with Gasteiger partial charge in [0.2, 0.25) is 0 Å². The van der Waals surface area contributed by atoms with E-state index in [-0.39, 0.29) is 0 Å². The molecule has 0 aliphatic heterocycles. The monoisotopic (exact) mass is 321 g/mol. The van der Waals surface area contributed by atoms with Gasteiger partial charge in [-0.25, -0.2) is 0 Å². The number of rotatable bonds is 8. The Morgan fingerprint density at radius 2 is 1.91 bits per heavy atom. The number of hydrogen-bond acceptors (Lipinski definition) is 4. The summed E-state index contributed by atoms with van der Waals surface area (Å²) in [5.74, 6) is 2.14. The van der Waals surface area contributed by atoms with Gasteiger partial charge in [0, 0.05) is 39.1 Å². The number of guanidine groups is 1. The van der Waals surface area contributed by atoms with Crippen molar-refractivity contribution in [1.29, 1.82) is 0 Å². The predicted molar refractivity (Wildman–Crippen MR) is 92.7 cm³/mol. The van der Waals surface area contributed by atoms with Gasteiger partial charge in [0.05, 0.1) is 14.2 Å². The van der Waals surface area contributed by atoms with Gasteiger partial charge in [-0.3, -0.25) is 4.99 Å². The zero-order valence-electron chi connectivity index (χ0n) is 14.4. The molecule has 0 unspecified atom stereocenters. The van der Waals surface area contributed by atoms with Crippen LogP contribution in [0, 0.1) is 5.41 Å². The summed E-state index contributed by atoms with van der Waals surface area (Å²) < 4.78 is 15.8. The molecule has 0 bridgehead atoms. The second-order valence-corrected chi connectivity index (χ2v) is 5.86. The molecule has 2 rings (SSSR count). The standard InChI is InChI=1S/C17H27N3O3/c1-18-16(19-12-17(7-8-17)9-10-21-2)20-13-5-6-14(22-3)15(11-13)23-4/h5-6,11H,7-10,12H2,1-4H3,(H2,18,19,20). The highest BCUT2D eigenvalue weighted by Gasteiger charge is 2.41. The van der Waals surface area contributed by atoms with E-state index in [0.717, 1.165) is 31.2 Å². The van der Waals surface area contributed by atoms with Crippen molar-refractivity contribution in [2.75, 3.05) is 46.8 Å². The quantitative estimate of drug-likeness (QED) is 0.569. The van der Waals surface area contributed by atoms with Crippen molar-refractivity contribution in [3.05, 3.63) is 18.2 Å². The third kappa shape index (κ3) is 4.76. The van der Waals surface area contributed by atoms with Crippen LogP contribution in [0.1, 0.15) is 19.3 Å². The first-order valence-corrected chi connectivity index (χ1v) is 7.85. The second kappa shape index (κ2) is 8.06. The van der Waals surface area contributed by atoms with Gasteiger partial charge in [0.25, 0.3) is 0 Å². The fourth-order valence-electron chi connectivity index (χ4n) is 2.51. The lowest BCUT2D eigenvalue weighted by Gasteiger charge is -2.18. The summed E-state index contributed by atoms with van der Waals surface area (Å²) in [4.78, 5) is 4.28. The molecule has 128 valence electrons. The van der Waals surface area contributed by atoms with Crippen molar-refractivity contribution in [3.63, 3.8) is 0 Å². The van der Waals surface area contributed by atoms with Gasteiger partial charge in [-0.1, -0.05) is 0 Å². The van der Waals surface area contributed by atoms with Crippen LogP contribution in [-0.2, 0) is 4.74 Å². The van der Waals surface area contributed by atoms with Crippen molar-refractivity contribution in [3.8, 4) is 11.5 Å². The van der Waals surface area contributed by atoms with E-state index in [2.05, 4.69) is 15.6 Å². The van der Waals surface area contributed by atoms with E-state index in [1.54, 1.807) is 28.4 Å². The van der Waals surface area contributed by atoms with Crippen LogP contribution in [-0.4, -0.2) is 47.5 Å². The highest BCUT2D eigenvalue weighted by atomic mass is 16.5. The Labute approximate surface area is 138 Å². The van der Waals surface area contributed by atoms with E-state index in [1.165, 1.54) is 12.8 Å². The van der Waals surface area contributed by atoms with Crippen LogP contribution in [0.4, 0.5) is 5.69 Å². The molecule has 0 spiro atoms. The number of benzene rings is 1. The van der Waals surface area contributed by atoms with Crippen LogP contribution in [0.25, 0.3) is 0 Å². The van der Waals surface area contributed by atoms with Gasteiger partial charge in [-0.2, -0.15) is 0 Å². The van der Waals surface area contributed by atoms with Gasteiger partial charge in [-0.15, -0.1) is 0 Å². The average molecular weight is 321 g/mol. The first-order chi connectivity index (χ1) is 11.2. The van der Waals surface area contributed by atoms with Crippen molar-refractivity contribution in [2.24, 2.45) is 10.4 Å². The third-order valence-corrected chi connectivity index (χ3v) is 4.29. The lowest BCUT2D eigenvalue weighted by atomic mass is 10.0. The highest BCUT2D eigenvalue weighted by Crippen LogP contribution is 2.48. The summed E-state index contributed by atoms with van der Waals surface area (Å²) in [5, 5.41) is 6.69. The average Bonchev–Trinajstić information content (AvgIpc) is 3.36. The second-order valence-electron chi connectivity index (χ2n) is 5.86. The van der Waals surface area contributed by atoms with Gasteiger partial charge in [0.1, 0.15) is 0 Å². The Kier molecular flexibility index (Phi) is 6.10. The largest absolute Gasteiger partial charge is 0.493 e. The molecule has 6 nitrogen and oxygen atoms in total. The van der Waals surface area contributed by atoms with E-state index in [4.69, 9.17) is 14.2 Å². The third-order valence-electron chi connectivity index (χ3n) is 4.29. The minimum Gasteiger partial charge on any atom is -0.493 e. The Bertz CT molecular complexity index is 542. The summed E-state index contributed by atoms with van der Waals surface area (Å²) in [5.41, 5.74) is 1.27. The van der Waals surface area contributed by atoms with E-state index < -0.39 is 0 Å². The molecule has 2 N–H and O–H groups in total. The van der Waals surface area contributed by atoms with Crippen molar-refractivity contribution in [2.45, 2.75) is 19.3 Å². The van der Waals surface area contributed by atoms with Crippen LogP contribution in [0.3, 0.4) is 0 Å². The van der Waals surface area contributed by atoms with E-state index in [9.17, 15) is 0 Å². The number of nitrogens with one attached hydrogen (secondary N) is 2. The maximum atomic E-state index is 5.32. The number of ether oxygens (including phenoxy) is 3. The maximum Gasteiger partial charge on any atom is 0.195 e. The van der Waals surface area contributed by atoms with Crippen molar-refractivity contribution < 1.29 is 14.2 Å². The van der Waals surface area contributed by atoms with E-state index in [1.807, 2.05) is 18.2 Å². The van der Waals surface area contributed by atoms with Crippen LogP contribution in [0.5, 0.6) is 11.5 Å². The van der Waals surface area contributed by atoms with Crippen LogP contribution >= 0.6 is 0 Å². The summed E-state index contributed by atoms with van der Waals surface area (Å²) in [6, 6.07) is 5.70. The molecule has 1 aliphatic carbocycles. The number of nitrogens with zero attached hydrogens (tertiary/aromatic N) is 1. The number of aliphatic imine (C=N–C) groups is 1. The zero-order chi connectivity index (χ0) is 16.7. The molecule has 0 saturated heterocycles. The highest BCUT2D eigenvalue weighted by molar-refractivity contribution is 5.93. The van der Waals surface area contributed by atoms with Crippen LogP contribution < -0.4 is 20.1 Å². The molecule has 0 atom stereocenters. The topological polar surface area (TPSA) is 64.1 Å². The molecule has 1 fully saturated rings. The summed E-state index contributed by atoms with van der Waals surface area (Å²) in [6.07, 6.45) is 3.58. The fourth-order valence-corrected chi connectivity index (χ4v) is 2.51. The molecule has 1 aromatic rings. The Hall–Kier alpha value is -1.95. The van der Waals surface area contributed by atoms with E-state index >= 15 is 0 Å². The number of anilines is 1. The number of hydrogen-bond donors (Lipinski definition) is 2. The van der Waals surface area contributed by atoms with Crippen molar-refractivity contribution in [1.82, 2.24) is 5.32 Å². The fraction of sp³-hybridized carbons (Fsp3) is 0.588. The van der Waals surface area contributed by atoms with Gasteiger partial charge >= 0.3 is 0 Å². The molecule has 0 heterocycles. The van der Waals surface area contributed by atoms with Crippen LogP contribution in [0.2, 0.25) is 0 Å². The molecule has 0 amide bonds. The Morgan fingerprint density at radius 3 is 2.48 bits per heavy atom. The molecule has 23 heavy (non-hydrogen) atoms. The molecule has 1 saturated carbocycles. The molecular formula is C17H27N3O3. The SMILES string of the molecule is CN=C(NCC1(CCOC)CC1)Nc1ccc(OC)c(OC)c1. The molecule has 0 aromatic heterocycles. The molecular weight excluding hydrogens is 294 g/mol.